The van der Waals surface area contributed by atoms with Crippen LogP contribution < -0.4 is 11.1 Å². The Bertz CT molecular complexity index is 428. The summed E-state index contributed by atoms with van der Waals surface area (Å²) in [4.78, 5) is 12.1. The van der Waals surface area contributed by atoms with E-state index < -0.39 is 0 Å². The number of carbonyl (C=O) groups is 1. The fourth-order valence-electron chi connectivity index (χ4n) is 2.80. The van der Waals surface area contributed by atoms with E-state index >= 15 is 0 Å². The van der Waals surface area contributed by atoms with Crippen molar-refractivity contribution in [3.8, 4) is 5.75 Å². The van der Waals surface area contributed by atoms with Crippen LogP contribution in [-0.2, 0) is 0 Å². The zero-order valence-electron chi connectivity index (χ0n) is 11.1. The van der Waals surface area contributed by atoms with Crippen LogP contribution in [0.2, 0.25) is 0 Å². The Morgan fingerprint density at radius 3 is 2.74 bits per heavy atom. The molecule has 0 spiro atoms. The Hall–Kier alpha value is -1.55. The predicted octanol–water partition coefficient (Wildman–Crippen LogP) is 2.03. The lowest BCUT2D eigenvalue weighted by Gasteiger charge is -2.30. The van der Waals surface area contributed by atoms with Gasteiger partial charge in [0, 0.05) is 18.2 Å². The monoisotopic (exact) mass is 262 g/mol. The Morgan fingerprint density at radius 2 is 2.11 bits per heavy atom. The Kier molecular flexibility index (Phi) is 4.80. The Morgan fingerprint density at radius 1 is 1.37 bits per heavy atom. The number of phenolic OH excluding ortho intramolecular Hbond substituents is 1. The van der Waals surface area contributed by atoms with Crippen molar-refractivity contribution in [2.75, 3.05) is 6.54 Å². The summed E-state index contributed by atoms with van der Waals surface area (Å²) >= 11 is 0. The molecule has 1 atom stereocenters. The number of aromatic hydroxyl groups is 1. The van der Waals surface area contributed by atoms with E-state index in [1.54, 1.807) is 18.2 Å². The topological polar surface area (TPSA) is 75.3 Å². The van der Waals surface area contributed by atoms with Crippen LogP contribution >= 0.6 is 0 Å². The first kappa shape index (κ1) is 13.9. The number of rotatable bonds is 4. The minimum Gasteiger partial charge on any atom is -0.508 e. The summed E-state index contributed by atoms with van der Waals surface area (Å²) in [5.41, 5.74) is 6.28. The van der Waals surface area contributed by atoms with Crippen LogP contribution in [0.5, 0.6) is 5.75 Å². The van der Waals surface area contributed by atoms with Gasteiger partial charge in [-0.25, -0.2) is 0 Å². The van der Waals surface area contributed by atoms with E-state index in [0.29, 0.717) is 18.0 Å². The molecule has 1 aliphatic rings. The molecule has 4 N–H and O–H groups in total. The van der Waals surface area contributed by atoms with Crippen LogP contribution in [0.15, 0.2) is 24.3 Å². The van der Waals surface area contributed by atoms with Gasteiger partial charge in [-0.1, -0.05) is 25.3 Å². The number of phenols is 1. The Balaban J connectivity index is 1.99. The number of nitrogens with one attached hydrogen (secondary N) is 1. The molecular weight excluding hydrogens is 240 g/mol. The molecule has 0 saturated heterocycles. The smallest absolute Gasteiger partial charge is 0.251 e. The second kappa shape index (κ2) is 6.57. The van der Waals surface area contributed by atoms with Gasteiger partial charge in [0.15, 0.2) is 0 Å². The van der Waals surface area contributed by atoms with E-state index in [-0.39, 0.29) is 17.7 Å². The van der Waals surface area contributed by atoms with Gasteiger partial charge in [-0.05, 0) is 37.0 Å². The molecule has 0 heterocycles. The number of benzene rings is 1. The molecule has 1 unspecified atom stereocenters. The molecule has 0 aromatic heterocycles. The lowest BCUT2D eigenvalue weighted by Crippen LogP contribution is -2.45. The van der Waals surface area contributed by atoms with Crippen molar-refractivity contribution in [2.24, 2.45) is 11.7 Å². The van der Waals surface area contributed by atoms with Crippen molar-refractivity contribution in [1.82, 2.24) is 5.32 Å². The van der Waals surface area contributed by atoms with E-state index in [4.69, 9.17) is 5.73 Å². The molecule has 104 valence electrons. The lowest BCUT2D eigenvalue weighted by molar-refractivity contribution is 0.0915. The SMILES string of the molecule is NCC(NC(=O)c1cccc(O)c1)C1CCCCC1. The second-order valence-electron chi connectivity index (χ2n) is 5.26. The maximum Gasteiger partial charge on any atom is 0.251 e. The summed E-state index contributed by atoms with van der Waals surface area (Å²) in [7, 11) is 0. The van der Waals surface area contributed by atoms with Crippen molar-refractivity contribution >= 4 is 5.91 Å². The largest absolute Gasteiger partial charge is 0.508 e. The molecule has 0 bridgehead atoms. The van der Waals surface area contributed by atoms with Gasteiger partial charge in [-0.15, -0.1) is 0 Å². The number of amides is 1. The summed E-state index contributed by atoms with van der Waals surface area (Å²) < 4.78 is 0. The molecule has 4 heteroatoms. The maximum atomic E-state index is 12.1. The third-order valence-electron chi connectivity index (χ3n) is 3.90. The molecule has 1 aliphatic carbocycles. The highest BCUT2D eigenvalue weighted by Crippen LogP contribution is 2.26. The summed E-state index contributed by atoms with van der Waals surface area (Å²) in [5.74, 6) is 0.437. The lowest BCUT2D eigenvalue weighted by atomic mass is 9.84. The van der Waals surface area contributed by atoms with Gasteiger partial charge in [0.1, 0.15) is 5.75 Å². The first-order chi connectivity index (χ1) is 9.20. The first-order valence-electron chi connectivity index (χ1n) is 7.00. The zero-order valence-corrected chi connectivity index (χ0v) is 11.1. The average Bonchev–Trinajstić information content (AvgIpc) is 2.45. The first-order valence-corrected chi connectivity index (χ1v) is 7.00. The van der Waals surface area contributed by atoms with Crippen molar-refractivity contribution < 1.29 is 9.90 Å². The zero-order chi connectivity index (χ0) is 13.7. The van der Waals surface area contributed by atoms with Crippen LogP contribution in [0, 0.1) is 5.92 Å². The average molecular weight is 262 g/mol. The van der Waals surface area contributed by atoms with Crippen LogP contribution in [0.25, 0.3) is 0 Å². The second-order valence-corrected chi connectivity index (χ2v) is 5.26. The highest BCUT2D eigenvalue weighted by Gasteiger charge is 2.24. The number of nitrogens with two attached hydrogens (primary N) is 1. The van der Waals surface area contributed by atoms with Gasteiger partial charge in [0.05, 0.1) is 0 Å². The van der Waals surface area contributed by atoms with E-state index in [1.807, 2.05) is 0 Å². The summed E-state index contributed by atoms with van der Waals surface area (Å²) in [6.07, 6.45) is 6.02. The van der Waals surface area contributed by atoms with Crippen LogP contribution in [0.3, 0.4) is 0 Å². The molecule has 1 fully saturated rings. The number of hydrogen-bond acceptors (Lipinski definition) is 3. The molecule has 2 rings (SSSR count). The highest BCUT2D eigenvalue weighted by atomic mass is 16.3. The van der Waals surface area contributed by atoms with E-state index in [0.717, 1.165) is 12.8 Å². The summed E-state index contributed by atoms with van der Waals surface area (Å²) in [5, 5.41) is 12.4. The third-order valence-corrected chi connectivity index (χ3v) is 3.90. The molecule has 1 saturated carbocycles. The number of hydrogen-bond donors (Lipinski definition) is 3. The number of carbonyl (C=O) groups excluding carboxylic acids is 1. The summed E-state index contributed by atoms with van der Waals surface area (Å²) in [6.45, 7) is 0.467. The minimum atomic E-state index is -0.156. The normalized spacial score (nSPS) is 17.9. The van der Waals surface area contributed by atoms with Crippen LogP contribution in [0.1, 0.15) is 42.5 Å². The van der Waals surface area contributed by atoms with Gasteiger partial charge in [0.25, 0.3) is 5.91 Å². The van der Waals surface area contributed by atoms with Crippen LogP contribution in [-0.4, -0.2) is 23.6 Å². The van der Waals surface area contributed by atoms with E-state index in [1.165, 1.54) is 25.3 Å². The maximum absolute atomic E-state index is 12.1. The molecule has 4 nitrogen and oxygen atoms in total. The standard InChI is InChI=1S/C15H22N2O2/c16-10-14(11-5-2-1-3-6-11)17-15(19)12-7-4-8-13(18)9-12/h4,7-9,11,14,18H,1-3,5-6,10,16H2,(H,17,19). The van der Waals surface area contributed by atoms with Crippen molar-refractivity contribution in [3.63, 3.8) is 0 Å². The van der Waals surface area contributed by atoms with Crippen molar-refractivity contribution in [3.05, 3.63) is 29.8 Å². The van der Waals surface area contributed by atoms with E-state index in [2.05, 4.69) is 5.32 Å². The van der Waals surface area contributed by atoms with Crippen LogP contribution in [0.4, 0.5) is 0 Å². The van der Waals surface area contributed by atoms with E-state index in [9.17, 15) is 9.90 Å². The fraction of sp³-hybridized carbons (Fsp3) is 0.533. The van der Waals surface area contributed by atoms with Gasteiger partial charge in [-0.3, -0.25) is 4.79 Å². The molecule has 1 aromatic rings. The third kappa shape index (κ3) is 3.70. The molecule has 0 aliphatic heterocycles. The van der Waals surface area contributed by atoms with Gasteiger partial charge < -0.3 is 16.2 Å². The Labute approximate surface area is 114 Å². The van der Waals surface area contributed by atoms with Crippen molar-refractivity contribution in [2.45, 2.75) is 38.1 Å². The van der Waals surface area contributed by atoms with Gasteiger partial charge >= 0.3 is 0 Å². The minimum absolute atomic E-state index is 0.0372. The molecule has 1 amide bonds. The molecule has 1 aromatic carbocycles. The quantitative estimate of drug-likeness (QED) is 0.777. The molecule has 0 radical (unpaired) electrons. The molecule has 19 heavy (non-hydrogen) atoms. The van der Waals surface area contributed by atoms with Gasteiger partial charge in [0.2, 0.25) is 0 Å². The van der Waals surface area contributed by atoms with Crippen molar-refractivity contribution in [1.29, 1.82) is 0 Å². The molecular formula is C15H22N2O2. The summed E-state index contributed by atoms with van der Waals surface area (Å²) in [6, 6.07) is 6.43. The predicted molar refractivity (Wildman–Crippen MR) is 75.0 cm³/mol. The highest BCUT2D eigenvalue weighted by molar-refractivity contribution is 5.94. The fourth-order valence-corrected chi connectivity index (χ4v) is 2.80. The van der Waals surface area contributed by atoms with Gasteiger partial charge in [-0.2, -0.15) is 0 Å².